The summed E-state index contributed by atoms with van der Waals surface area (Å²) in [4.78, 5) is 15.8. The van der Waals surface area contributed by atoms with Crippen LogP contribution in [0.1, 0.15) is 11.1 Å². The molecular formula is C15H13F2NO2. The van der Waals surface area contributed by atoms with E-state index in [1.807, 2.05) is 0 Å². The Morgan fingerprint density at radius 3 is 2.40 bits per heavy atom. The first-order valence-corrected chi connectivity index (χ1v) is 6.03. The number of rotatable bonds is 5. The minimum Gasteiger partial charge on any atom is -0.481 e. The van der Waals surface area contributed by atoms with Crippen LogP contribution in [0.15, 0.2) is 36.5 Å². The van der Waals surface area contributed by atoms with E-state index >= 15 is 0 Å². The standard InChI is InChI=1S/C15H13F2NO2/c1-20-15-6-5-10(9-18-15)7-11(19)8-12-13(16)3-2-4-14(12)17/h2-6,9H,7-8H2,1H3. The van der Waals surface area contributed by atoms with Crippen LogP contribution in [0.2, 0.25) is 0 Å². The molecule has 0 aliphatic heterocycles. The van der Waals surface area contributed by atoms with Gasteiger partial charge in [-0.3, -0.25) is 4.79 Å². The lowest BCUT2D eigenvalue weighted by molar-refractivity contribution is -0.117. The van der Waals surface area contributed by atoms with E-state index in [1.54, 1.807) is 12.1 Å². The van der Waals surface area contributed by atoms with Gasteiger partial charge in [0.1, 0.15) is 17.4 Å². The fourth-order valence-electron chi connectivity index (χ4n) is 1.82. The van der Waals surface area contributed by atoms with E-state index in [4.69, 9.17) is 4.74 Å². The first kappa shape index (κ1) is 14.1. The lowest BCUT2D eigenvalue weighted by Gasteiger charge is -2.05. The second-order valence-electron chi connectivity index (χ2n) is 4.30. The number of pyridine rings is 1. The zero-order chi connectivity index (χ0) is 14.5. The van der Waals surface area contributed by atoms with Crippen molar-refractivity contribution in [1.29, 1.82) is 0 Å². The van der Waals surface area contributed by atoms with E-state index in [-0.39, 0.29) is 24.2 Å². The van der Waals surface area contributed by atoms with Crippen molar-refractivity contribution in [2.75, 3.05) is 7.11 Å². The third kappa shape index (κ3) is 3.38. The highest BCUT2D eigenvalue weighted by atomic mass is 19.1. The van der Waals surface area contributed by atoms with E-state index in [9.17, 15) is 13.6 Å². The van der Waals surface area contributed by atoms with Crippen molar-refractivity contribution >= 4 is 5.78 Å². The van der Waals surface area contributed by atoms with Crippen LogP contribution in [0.5, 0.6) is 5.88 Å². The molecule has 1 heterocycles. The average molecular weight is 277 g/mol. The fourth-order valence-corrected chi connectivity index (χ4v) is 1.82. The summed E-state index contributed by atoms with van der Waals surface area (Å²) < 4.78 is 31.8. The van der Waals surface area contributed by atoms with Crippen LogP contribution < -0.4 is 4.74 Å². The smallest absolute Gasteiger partial charge is 0.212 e. The van der Waals surface area contributed by atoms with Gasteiger partial charge in [0.15, 0.2) is 0 Å². The molecule has 0 radical (unpaired) electrons. The number of carbonyl (C=O) groups excluding carboxylic acids is 1. The predicted molar refractivity (Wildman–Crippen MR) is 69.6 cm³/mol. The third-order valence-electron chi connectivity index (χ3n) is 2.84. The Balaban J connectivity index is 2.05. The summed E-state index contributed by atoms with van der Waals surface area (Å²) >= 11 is 0. The zero-order valence-electron chi connectivity index (χ0n) is 10.9. The molecular weight excluding hydrogens is 264 g/mol. The molecule has 0 saturated heterocycles. The third-order valence-corrected chi connectivity index (χ3v) is 2.84. The van der Waals surface area contributed by atoms with Crippen LogP contribution in [-0.4, -0.2) is 17.9 Å². The Hall–Kier alpha value is -2.30. The highest BCUT2D eigenvalue weighted by Gasteiger charge is 2.13. The van der Waals surface area contributed by atoms with Crippen LogP contribution in [0, 0.1) is 11.6 Å². The highest BCUT2D eigenvalue weighted by Crippen LogP contribution is 2.14. The molecule has 1 aromatic carbocycles. The largest absolute Gasteiger partial charge is 0.481 e. The summed E-state index contributed by atoms with van der Waals surface area (Å²) in [5.74, 6) is -1.24. The summed E-state index contributed by atoms with van der Waals surface area (Å²) in [6, 6.07) is 6.88. The second-order valence-corrected chi connectivity index (χ2v) is 4.30. The minimum absolute atomic E-state index is 0.0742. The SMILES string of the molecule is COc1ccc(CC(=O)Cc2c(F)cccc2F)cn1. The number of carbonyl (C=O) groups is 1. The van der Waals surface area contributed by atoms with Crippen molar-refractivity contribution in [3.05, 3.63) is 59.3 Å². The van der Waals surface area contributed by atoms with E-state index < -0.39 is 11.6 Å². The average Bonchev–Trinajstić information content (AvgIpc) is 2.44. The molecule has 0 spiro atoms. The molecule has 2 rings (SSSR count). The summed E-state index contributed by atoms with van der Waals surface area (Å²) in [5.41, 5.74) is 0.478. The van der Waals surface area contributed by atoms with Crippen LogP contribution in [0.3, 0.4) is 0 Å². The number of Topliss-reactive ketones (excluding diaryl/α,β-unsaturated/α-hetero) is 1. The molecule has 0 saturated carbocycles. The molecule has 0 fully saturated rings. The Morgan fingerprint density at radius 2 is 1.85 bits per heavy atom. The van der Waals surface area contributed by atoms with E-state index in [0.717, 1.165) is 12.1 Å². The van der Waals surface area contributed by atoms with Gasteiger partial charge in [-0.2, -0.15) is 0 Å². The van der Waals surface area contributed by atoms with Gasteiger partial charge >= 0.3 is 0 Å². The zero-order valence-corrected chi connectivity index (χ0v) is 10.9. The van der Waals surface area contributed by atoms with Crippen molar-refractivity contribution in [2.24, 2.45) is 0 Å². The first-order chi connectivity index (χ1) is 9.60. The molecule has 0 amide bonds. The number of nitrogens with zero attached hydrogens (tertiary/aromatic N) is 1. The number of ketones is 1. The Bertz CT molecular complexity index is 592. The summed E-state index contributed by atoms with van der Waals surface area (Å²) in [5, 5.41) is 0. The maximum absolute atomic E-state index is 13.4. The number of ether oxygens (including phenoxy) is 1. The van der Waals surface area contributed by atoms with Crippen LogP contribution >= 0.6 is 0 Å². The Morgan fingerprint density at radius 1 is 1.15 bits per heavy atom. The van der Waals surface area contributed by atoms with Crippen molar-refractivity contribution < 1.29 is 18.3 Å². The van der Waals surface area contributed by atoms with Gasteiger partial charge in [0.05, 0.1) is 7.11 Å². The molecule has 0 N–H and O–H groups in total. The van der Waals surface area contributed by atoms with Crippen LogP contribution in [0.4, 0.5) is 8.78 Å². The van der Waals surface area contributed by atoms with Gasteiger partial charge < -0.3 is 4.74 Å². The van der Waals surface area contributed by atoms with Gasteiger partial charge in [0.2, 0.25) is 5.88 Å². The molecule has 20 heavy (non-hydrogen) atoms. The summed E-state index contributed by atoms with van der Waals surface area (Å²) in [6.45, 7) is 0. The van der Waals surface area contributed by atoms with Crippen molar-refractivity contribution in [2.45, 2.75) is 12.8 Å². The lowest BCUT2D eigenvalue weighted by atomic mass is 10.0. The number of benzene rings is 1. The molecule has 0 atom stereocenters. The molecule has 3 nitrogen and oxygen atoms in total. The number of aromatic nitrogens is 1. The van der Waals surface area contributed by atoms with Crippen molar-refractivity contribution in [1.82, 2.24) is 4.98 Å². The van der Waals surface area contributed by atoms with Gasteiger partial charge in [0.25, 0.3) is 0 Å². The van der Waals surface area contributed by atoms with E-state index in [1.165, 1.54) is 19.4 Å². The fraction of sp³-hybridized carbons (Fsp3) is 0.200. The molecule has 0 aliphatic carbocycles. The number of hydrogen-bond acceptors (Lipinski definition) is 3. The van der Waals surface area contributed by atoms with Gasteiger partial charge in [-0.25, -0.2) is 13.8 Å². The normalized spacial score (nSPS) is 10.3. The monoisotopic (exact) mass is 277 g/mol. The van der Waals surface area contributed by atoms with Crippen molar-refractivity contribution in [3.8, 4) is 5.88 Å². The van der Waals surface area contributed by atoms with Gasteiger partial charge in [-0.05, 0) is 17.7 Å². The van der Waals surface area contributed by atoms with Crippen molar-refractivity contribution in [3.63, 3.8) is 0 Å². The maximum Gasteiger partial charge on any atom is 0.212 e. The molecule has 5 heteroatoms. The topological polar surface area (TPSA) is 39.2 Å². The molecule has 1 aromatic heterocycles. The molecule has 0 unspecified atom stereocenters. The van der Waals surface area contributed by atoms with Gasteiger partial charge in [0, 0.05) is 30.7 Å². The molecule has 0 aliphatic rings. The number of methoxy groups -OCH3 is 1. The summed E-state index contributed by atoms with van der Waals surface area (Å²) in [6.07, 6.45) is 1.31. The number of halogens is 2. The minimum atomic E-state index is -0.703. The van der Waals surface area contributed by atoms with Gasteiger partial charge in [-0.1, -0.05) is 12.1 Å². The van der Waals surface area contributed by atoms with Crippen LogP contribution in [0.25, 0.3) is 0 Å². The molecule has 0 bridgehead atoms. The predicted octanol–water partition coefficient (Wildman–Crippen LogP) is 2.72. The molecule has 104 valence electrons. The second kappa shape index (κ2) is 6.23. The Labute approximate surface area is 115 Å². The maximum atomic E-state index is 13.4. The quantitative estimate of drug-likeness (QED) is 0.843. The van der Waals surface area contributed by atoms with E-state index in [2.05, 4.69) is 4.98 Å². The van der Waals surface area contributed by atoms with Gasteiger partial charge in [-0.15, -0.1) is 0 Å². The summed E-state index contributed by atoms with van der Waals surface area (Å²) in [7, 11) is 1.49. The van der Waals surface area contributed by atoms with E-state index in [0.29, 0.717) is 11.4 Å². The highest BCUT2D eigenvalue weighted by molar-refractivity contribution is 5.83. The lowest BCUT2D eigenvalue weighted by Crippen LogP contribution is -2.09. The Kier molecular flexibility index (Phi) is 4.40. The van der Waals surface area contributed by atoms with Crippen LogP contribution in [-0.2, 0) is 17.6 Å². The first-order valence-electron chi connectivity index (χ1n) is 6.03. The molecule has 2 aromatic rings. The number of hydrogen-bond donors (Lipinski definition) is 0.